The van der Waals surface area contributed by atoms with Gasteiger partial charge in [-0.3, -0.25) is 9.59 Å². The second kappa shape index (κ2) is 5.87. The average molecular weight is 294 g/mol. The first-order chi connectivity index (χ1) is 9.10. The minimum atomic E-state index is -0.282. The van der Waals surface area contributed by atoms with Gasteiger partial charge < -0.3 is 5.32 Å². The van der Waals surface area contributed by atoms with Crippen LogP contribution in [0.1, 0.15) is 20.7 Å². The zero-order chi connectivity index (χ0) is 13.8. The van der Waals surface area contributed by atoms with Crippen LogP contribution < -0.4 is 5.32 Å². The molecule has 0 aliphatic carbocycles. The number of rotatable bonds is 3. The standard InChI is InChI=1S/C14H9Cl2NO2/c15-12-6-5-11(7-13(12)16)17-14(19)10-3-1-9(8-18)2-4-10/h1-8H,(H,17,19). The second-order valence-electron chi connectivity index (χ2n) is 3.82. The van der Waals surface area contributed by atoms with Gasteiger partial charge in [0, 0.05) is 16.8 Å². The third-order valence-electron chi connectivity index (χ3n) is 2.49. The van der Waals surface area contributed by atoms with Crippen LogP contribution in [0.4, 0.5) is 5.69 Å². The fourth-order valence-corrected chi connectivity index (χ4v) is 1.79. The normalized spacial score (nSPS) is 10.0. The summed E-state index contributed by atoms with van der Waals surface area (Å²) in [6.45, 7) is 0. The summed E-state index contributed by atoms with van der Waals surface area (Å²) >= 11 is 11.7. The van der Waals surface area contributed by atoms with E-state index < -0.39 is 0 Å². The maximum atomic E-state index is 11.9. The van der Waals surface area contributed by atoms with Gasteiger partial charge in [0.25, 0.3) is 5.91 Å². The smallest absolute Gasteiger partial charge is 0.255 e. The first-order valence-electron chi connectivity index (χ1n) is 5.42. The third-order valence-corrected chi connectivity index (χ3v) is 3.23. The molecule has 3 nitrogen and oxygen atoms in total. The molecule has 0 fully saturated rings. The van der Waals surface area contributed by atoms with Crippen molar-refractivity contribution in [2.75, 3.05) is 5.32 Å². The first kappa shape index (κ1) is 13.6. The van der Waals surface area contributed by atoms with Gasteiger partial charge in [-0.15, -0.1) is 0 Å². The summed E-state index contributed by atoms with van der Waals surface area (Å²) < 4.78 is 0. The zero-order valence-electron chi connectivity index (χ0n) is 9.69. The van der Waals surface area contributed by atoms with Crippen molar-refractivity contribution in [3.05, 3.63) is 63.6 Å². The molecule has 0 saturated heterocycles. The van der Waals surface area contributed by atoms with Gasteiger partial charge in [-0.1, -0.05) is 35.3 Å². The summed E-state index contributed by atoms with van der Waals surface area (Å²) in [5.41, 5.74) is 1.53. The molecule has 2 aromatic carbocycles. The van der Waals surface area contributed by atoms with E-state index in [2.05, 4.69) is 5.32 Å². The van der Waals surface area contributed by atoms with Gasteiger partial charge in [-0.05, 0) is 30.3 Å². The summed E-state index contributed by atoms with van der Waals surface area (Å²) in [6, 6.07) is 11.2. The highest BCUT2D eigenvalue weighted by Gasteiger charge is 2.07. The molecule has 0 saturated carbocycles. The monoisotopic (exact) mass is 293 g/mol. The van der Waals surface area contributed by atoms with Gasteiger partial charge in [-0.25, -0.2) is 0 Å². The van der Waals surface area contributed by atoms with Crippen LogP contribution in [-0.4, -0.2) is 12.2 Å². The van der Waals surface area contributed by atoms with E-state index in [0.29, 0.717) is 26.9 Å². The highest BCUT2D eigenvalue weighted by molar-refractivity contribution is 6.42. The highest BCUT2D eigenvalue weighted by Crippen LogP contribution is 2.25. The van der Waals surface area contributed by atoms with Gasteiger partial charge in [-0.2, -0.15) is 0 Å². The van der Waals surface area contributed by atoms with Crippen molar-refractivity contribution in [3.8, 4) is 0 Å². The molecular weight excluding hydrogens is 285 g/mol. The number of hydrogen-bond donors (Lipinski definition) is 1. The molecule has 2 aromatic rings. The molecule has 0 spiro atoms. The predicted molar refractivity (Wildman–Crippen MR) is 76.2 cm³/mol. The van der Waals surface area contributed by atoms with E-state index in [0.717, 1.165) is 6.29 Å². The number of carbonyl (C=O) groups excluding carboxylic acids is 2. The van der Waals surface area contributed by atoms with Crippen LogP contribution in [0.5, 0.6) is 0 Å². The summed E-state index contributed by atoms with van der Waals surface area (Å²) in [6.07, 6.45) is 0.723. The summed E-state index contributed by atoms with van der Waals surface area (Å²) in [5, 5.41) is 3.49. The van der Waals surface area contributed by atoms with E-state index >= 15 is 0 Å². The Morgan fingerprint density at radius 3 is 2.26 bits per heavy atom. The number of amides is 1. The summed E-state index contributed by atoms with van der Waals surface area (Å²) in [4.78, 5) is 22.5. The van der Waals surface area contributed by atoms with Crippen LogP contribution in [0.15, 0.2) is 42.5 Å². The van der Waals surface area contributed by atoms with Crippen LogP contribution in [-0.2, 0) is 0 Å². The van der Waals surface area contributed by atoms with Gasteiger partial charge in [0.1, 0.15) is 6.29 Å². The van der Waals surface area contributed by atoms with Crippen LogP contribution >= 0.6 is 23.2 Å². The predicted octanol–water partition coefficient (Wildman–Crippen LogP) is 4.06. The number of anilines is 1. The quantitative estimate of drug-likeness (QED) is 0.868. The molecule has 19 heavy (non-hydrogen) atoms. The van der Waals surface area contributed by atoms with Crippen molar-refractivity contribution in [1.82, 2.24) is 0 Å². The minimum Gasteiger partial charge on any atom is -0.322 e. The maximum absolute atomic E-state index is 11.9. The number of benzene rings is 2. The third kappa shape index (κ3) is 3.34. The first-order valence-corrected chi connectivity index (χ1v) is 6.17. The lowest BCUT2D eigenvalue weighted by Crippen LogP contribution is -2.11. The SMILES string of the molecule is O=Cc1ccc(C(=O)Nc2ccc(Cl)c(Cl)c2)cc1. The average Bonchev–Trinajstić information content (AvgIpc) is 2.43. The number of halogens is 2. The van der Waals surface area contributed by atoms with E-state index in [1.165, 1.54) is 0 Å². The van der Waals surface area contributed by atoms with Crippen molar-refractivity contribution in [1.29, 1.82) is 0 Å². The Balaban J connectivity index is 2.15. The van der Waals surface area contributed by atoms with Crippen molar-refractivity contribution >= 4 is 41.1 Å². The molecule has 1 amide bonds. The van der Waals surface area contributed by atoms with Crippen molar-refractivity contribution < 1.29 is 9.59 Å². The Labute approximate surface area is 120 Å². The van der Waals surface area contributed by atoms with E-state index in [9.17, 15) is 9.59 Å². The Morgan fingerprint density at radius 1 is 1.00 bits per heavy atom. The highest BCUT2D eigenvalue weighted by atomic mass is 35.5. The molecule has 0 aliphatic rings. The van der Waals surface area contributed by atoms with Crippen molar-refractivity contribution in [2.24, 2.45) is 0 Å². The van der Waals surface area contributed by atoms with Crippen LogP contribution in [0.3, 0.4) is 0 Å². The largest absolute Gasteiger partial charge is 0.322 e. The summed E-state index contributed by atoms with van der Waals surface area (Å²) in [7, 11) is 0. The van der Waals surface area contributed by atoms with Crippen molar-refractivity contribution in [2.45, 2.75) is 0 Å². The van der Waals surface area contributed by atoms with Crippen LogP contribution in [0.2, 0.25) is 10.0 Å². The second-order valence-corrected chi connectivity index (χ2v) is 4.64. The van der Waals surface area contributed by atoms with E-state index in [-0.39, 0.29) is 5.91 Å². The fraction of sp³-hybridized carbons (Fsp3) is 0. The Hall–Kier alpha value is -1.84. The topological polar surface area (TPSA) is 46.2 Å². The van der Waals surface area contributed by atoms with Crippen LogP contribution in [0, 0.1) is 0 Å². The van der Waals surface area contributed by atoms with E-state index in [1.54, 1.807) is 42.5 Å². The number of aldehydes is 1. The van der Waals surface area contributed by atoms with Crippen LogP contribution in [0.25, 0.3) is 0 Å². The Morgan fingerprint density at radius 2 is 1.68 bits per heavy atom. The maximum Gasteiger partial charge on any atom is 0.255 e. The molecule has 0 aliphatic heterocycles. The molecule has 0 aromatic heterocycles. The van der Waals surface area contributed by atoms with E-state index in [1.807, 2.05) is 0 Å². The molecular formula is C14H9Cl2NO2. The lowest BCUT2D eigenvalue weighted by Gasteiger charge is -2.06. The van der Waals surface area contributed by atoms with E-state index in [4.69, 9.17) is 23.2 Å². The van der Waals surface area contributed by atoms with Gasteiger partial charge in [0.15, 0.2) is 0 Å². The molecule has 96 valence electrons. The van der Waals surface area contributed by atoms with Gasteiger partial charge in [0.05, 0.1) is 10.0 Å². The fourth-order valence-electron chi connectivity index (χ4n) is 1.49. The molecule has 2 rings (SSSR count). The molecule has 0 unspecified atom stereocenters. The summed E-state index contributed by atoms with van der Waals surface area (Å²) in [5.74, 6) is -0.282. The Kier molecular flexibility index (Phi) is 4.20. The molecule has 0 radical (unpaired) electrons. The zero-order valence-corrected chi connectivity index (χ0v) is 11.2. The minimum absolute atomic E-state index is 0.282. The molecule has 1 N–H and O–H groups in total. The molecule has 0 bridgehead atoms. The number of carbonyl (C=O) groups is 2. The molecule has 0 atom stereocenters. The Bertz CT molecular complexity index is 624. The number of nitrogens with one attached hydrogen (secondary N) is 1. The van der Waals surface area contributed by atoms with Gasteiger partial charge in [0.2, 0.25) is 0 Å². The lowest BCUT2D eigenvalue weighted by molar-refractivity contribution is 0.102. The molecule has 5 heteroatoms. The molecule has 0 heterocycles. The van der Waals surface area contributed by atoms with Gasteiger partial charge >= 0.3 is 0 Å². The number of hydrogen-bond acceptors (Lipinski definition) is 2. The lowest BCUT2D eigenvalue weighted by atomic mass is 10.1. The van der Waals surface area contributed by atoms with Crippen molar-refractivity contribution in [3.63, 3.8) is 0 Å².